The highest BCUT2D eigenvalue weighted by Gasteiger charge is 2.22. The molecule has 0 aromatic carbocycles. The average molecular weight is 358 g/mol. The fourth-order valence-electron chi connectivity index (χ4n) is 3.41. The molecule has 142 valence electrons. The monoisotopic (exact) mass is 358 g/mol. The molecule has 0 bridgehead atoms. The first-order valence-electron chi connectivity index (χ1n) is 9.53. The van der Waals surface area contributed by atoms with Gasteiger partial charge in [0.15, 0.2) is 5.89 Å². The van der Waals surface area contributed by atoms with Gasteiger partial charge in [0.1, 0.15) is 5.76 Å². The maximum atomic E-state index is 12.2. The molecule has 0 saturated carbocycles. The minimum Gasteiger partial charge on any atom is -0.446 e. The zero-order valence-electron chi connectivity index (χ0n) is 16.4. The molecule has 0 radical (unpaired) electrons. The van der Waals surface area contributed by atoms with Gasteiger partial charge in [-0.15, -0.1) is 0 Å². The molecule has 1 aliphatic rings. The van der Waals surface area contributed by atoms with E-state index >= 15 is 0 Å². The molecular formula is C20H30N4O2. The molecule has 3 rings (SSSR count). The molecule has 0 atom stereocenters. The summed E-state index contributed by atoms with van der Waals surface area (Å²) >= 11 is 0. The second-order valence-corrected chi connectivity index (χ2v) is 8.37. The van der Waals surface area contributed by atoms with Gasteiger partial charge in [-0.1, -0.05) is 20.8 Å². The summed E-state index contributed by atoms with van der Waals surface area (Å²) in [6.45, 7) is 12.1. The highest BCUT2D eigenvalue weighted by molar-refractivity contribution is 5.10. The van der Waals surface area contributed by atoms with Crippen molar-refractivity contribution in [2.45, 2.75) is 58.9 Å². The van der Waals surface area contributed by atoms with Gasteiger partial charge in [-0.3, -0.25) is 4.79 Å². The van der Waals surface area contributed by atoms with Crippen molar-refractivity contribution < 1.29 is 4.42 Å². The van der Waals surface area contributed by atoms with Crippen molar-refractivity contribution >= 4 is 0 Å². The first-order chi connectivity index (χ1) is 12.3. The summed E-state index contributed by atoms with van der Waals surface area (Å²) in [5, 5.41) is 4.61. The Kier molecular flexibility index (Phi) is 5.61. The molecule has 6 nitrogen and oxygen atoms in total. The summed E-state index contributed by atoms with van der Waals surface area (Å²) in [7, 11) is 0. The fourth-order valence-corrected chi connectivity index (χ4v) is 3.41. The Labute approximate surface area is 155 Å². The predicted molar refractivity (Wildman–Crippen MR) is 101 cm³/mol. The zero-order valence-corrected chi connectivity index (χ0v) is 16.4. The van der Waals surface area contributed by atoms with E-state index in [0.29, 0.717) is 5.92 Å². The summed E-state index contributed by atoms with van der Waals surface area (Å²) < 4.78 is 7.21. The molecule has 3 heterocycles. The van der Waals surface area contributed by atoms with E-state index in [-0.39, 0.29) is 11.0 Å². The van der Waals surface area contributed by atoms with Gasteiger partial charge in [0.05, 0.1) is 11.9 Å². The summed E-state index contributed by atoms with van der Waals surface area (Å²) in [5.41, 5.74) is 0.927. The van der Waals surface area contributed by atoms with Gasteiger partial charge >= 0.3 is 0 Å². The number of aromatic nitrogens is 3. The van der Waals surface area contributed by atoms with Gasteiger partial charge in [-0.05, 0) is 37.9 Å². The molecule has 0 spiro atoms. The van der Waals surface area contributed by atoms with Gasteiger partial charge in [0.2, 0.25) is 0 Å². The van der Waals surface area contributed by atoms with Crippen LogP contribution in [0.15, 0.2) is 27.5 Å². The summed E-state index contributed by atoms with van der Waals surface area (Å²) in [4.78, 5) is 18.8. The summed E-state index contributed by atoms with van der Waals surface area (Å²) in [6.07, 6.45) is 4.93. The third kappa shape index (κ3) is 4.81. The van der Waals surface area contributed by atoms with E-state index in [4.69, 9.17) is 4.42 Å². The Morgan fingerprint density at radius 3 is 2.58 bits per heavy atom. The largest absolute Gasteiger partial charge is 0.446 e. The molecular weight excluding hydrogens is 328 g/mol. The first-order valence-corrected chi connectivity index (χ1v) is 9.53. The van der Waals surface area contributed by atoms with Crippen LogP contribution < -0.4 is 5.56 Å². The number of aryl methyl sites for hydroxylation is 1. The van der Waals surface area contributed by atoms with Crippen LogP contribution in [0.5, 0.6) is 0 Å². The molecule has 0 unspecified atom stereocenters. The molecule has 26 heavy (non-hydrogen) atoms. The maximum Gasteiger partial charge on any atom is 0.266 e. The lowest BCUT2D eigenvalue weighted by Crippen LogP contribution is -2.38. The van der Waals surface area contributed by atoms with Gasteiger partial charge in [0, 0.05) is 37.9 Å². The van der Waals surface area contributed by atoms with Crippen molar-refractivity contribution in [2.24, 2.45) is 5.92 Å². The van der Waals surface area contributed by atoms with Gasteiger partial charge in [0.25, 0.3) is 5.56 Å². The third-order valence-corrected chi connectivity index (χ3v) is 5.12. The number of piperidine rings is 1. The van der Waals surface area contributed by atoms with Crippen LogP contribution in [-0.4, -0.2) is 39.3 Å². The molecule has 6 heteroatoms. The second kappa shape index (κ2) is 7.74. The smallest absolute Gasteiger partial charge is 0.266 e. The zero-order chi connectivity index (χ0) is 18.7. The van der Waals surface area contributed by atoms with Crippen LogP contribution in [-0.2, 0) is 18.4 Å². The number of nitrogens with zero attached hydrogens (tertiary/aromatic N) is 4. The molecule has 0 N–H and O–H groups in total. The van der Waals surface area contributed by atoms with Crippen molar-refractivity contribution in [3.63, 3.8) is 0 Å². The average Bonchev–Trinajstić information content (AvgIpc) is 3.00. The summed E-state index contributed by atoms with van der Waals surface area (Å²) in [5.74, 6) is 2.20. The lowest BCUT2D eigenvalue weighted by atomic mass is 9.92. The molecule has 0 amide bonds. The van der Waals surface area contributed by atoms with Crippen LogP contribution in [0.1, 0.15) is 51.0 Å². The van der Waals surface area contributed by atoms with Crippen LogP contribution in [0.3, 0.4) is 0 Å². The van der Waals surface area contributed by atoms with E-state index < -0.39 is 0 Å². The van der Waals surface area contributed by atoms with Crippen molar-refractivity contribution in [3.05, 3.63) is 46.0 Å². The molecule has 0 aliphatic carbocycles. The summed E-state index contributed by atoms with van der Waals surface area (Å²) in [6, 6.07) is 3.51. The third-order valence-electron chi connectivity index (χ3n) is 5.12. The Balaban J connectivity index is 1.52. The van der Waals surface area contributed by atoms with E-state index in [1.54, 1.807) is 10.7 Å². The van der Waals surface area contributed by atoms with Crippen molar-refractivity contribution in [3.8, 4) is 0 Å². The second-order valence-electron chi connectivity index (χ2n) is 8.37. The predicted octanol–water partition coefficient (Wildman–Crippen LogP) is 2.79. The lowest BCUT2D eigenvalue weighted by molar-refractivity contribution is 0.168. The Hall–Kier alpha value is -1.95. The van der Waals surface area contributed by atoms with E-state index in [0.717, 1.165) is 62.8 Å². The van der Waals surface area contributed by atoms with Gasteiger partial charge < -0.3 is 9.32 Å². The van der Waals surface area contributed by atoms with Crippen LogP contribution in [0.25, 0.3) is 0 Å². The van der Waals surface area contributed by atoms with E-state index in [9.17, 15) is 4.79 Å². The molecule has 1 aliphatic heterocycles. The van der Waals surface area contributed by atoms with E-state index in [1.807, 2.05) is 19.2 Å². The molecule has 1 fully saturated rings. The van der Waals surface area contributed by atoms with E-state index in [2.05, 4.69) is 35.8 Å². The van der Waals surface area contributed by atoms with Crippen LogP contribution >= 0.6 is 0 Å². The van der Waals surface area contributed by atoms with Crippen LogP contribution in [0, 0.1) is 12.8 Å². The number of rotatable bonds is 5. The fraction of sp³-hybridized carbons (Fsp3) is 0.650. The van der Waals surface area contributed by atoms with Crippen molar-refractivity contribution in [1.82, 2.24) is 19.7 Å². The Morgan fingerprint density at radius 1 is 1.23 bits per heavy atom. The van der Waals surface area contributed by atoms with Crippen molar-refractivity contribution in [2.75, 3.05) is 19.6 Å². The Morgan fingerprint density at radius 2 is 1.96 bits per heavy atom. The quantitative estimate of drug-likeness (QED) is 0.822. The molecule has 2 aromatic rings. The van der Waals surface area contributed by atoms with Gasteiger partial charge in [-0.25, -0.2) is 9.67 Å². The molecule has 1 saturated heterocycles. The normalized spacial score (nSPS) is 16.9. The van der Waals surface area contributed by atoms with Crippen LogP contribution in [0.2, 0.25) is 0 Å². The van der Waals surface area contributed by atoms with Crippen molar-refractivity contribution in [1.29, 1.82) is 0 Å². The topological polar surface area (TPSA) is 64.2 Å². The number of likely N-dealkylation sites (tertiary alicyclic amines) is 1. The Bertz CT molecular complexity index is 780. The minimum absolute atomic E-state index is 0.00104. The van der Waals surface area contributed by atoms with Gasteiger partial charge in [-0.2, -0.15) is 5.10 Å². The number of oxazole rings is 1. The van der Waals surface area contributed by atoms with E-state index in [1.165, 1.54) is 0 Å². The highest BCUT2D eigenvalue weighted by Crippen LogP contribution is 2.21. The minimum atomic E-state index is -0.0438. The lowest BCUT2D eigenvalue weighted by Gasteiger charge is -2.31. The number of hydrogen-bond acceptors (Lipinski definition) is 5. The first kappa shape index (κ1) is 18.8. The standard InChI is InChI=1S/C20H30N4O2/c1-15-21-13-17(26-15)9-12-23-10-7-16(8-11-23)14-24-19(25)6-5-18(22-24)20(2,3)4/h5-6,13,16H,7-12,14H2,1-4H3. The highest BCUT2D eigenvalue weighted by atomic mass is 16.4. The maximum absolute atomic E-state index is 12.2. The molecule has 2 aromatic heterocycles. The SMILES string of the molecule is Cc1ncc(CCN2CCC(Cn3nc(C(C)(C)C)ccc3=O)CC2)o1. The van der Waals surface area contributed by atoms with Crippen LogP contribution in [0.4, 0.5) is 0 Å². The number of hydrogen-bond donors (Lipinski definition) is 0.